The van der Waals surface area contributed by atoms with E-state index in [9.17, 15) is 26.4 Å². The van der Waals surface area contributed by atoms with Crippen LogP contribution in [-0.2, 0) is 14.8 Å². The minimum atomic E-state index is -4.90. The van der Waals surface area contributed by atoms with E-state index in [-0.39, 0.29) is 35.9 Å². The molecule has 1 aliphatic heterocycles. The standard InChI is InChI=1S/C18H25F3N2O4S/c1-3-5-13(2)22-17(24)14-8-10-23(11-9-14)28(25,26)16-7-4-6-15(12-16)27-18(19,20)21/h4,6-7,12-14H,3,5,8-11H2,1-2H3,(H,22,24). The number of nitrogens with zero attached hydrogens (tertiary/aromatic N) is 1. The number of carbonyl (C=O) groups is 1. The number of alkyl halides is 3. The van der Waals surface area contributed by atoms with Gasteiger partial charge in [-0.15, -0.1) is 13.2 Å². The molecule has 0 aromatic heterocycles. The molecular formula is C18H25F3N2O4S. The molecule has 28 heavy (non-hydrogen) atoms. The molecule has 1 atom stereocenters. The third-order valence-corrected chi connectivity index (χ3v) is 6.51. The van der Waals surface area contributed by atoms with E-state index in [0.29, 0.717) is 12.8 Å². The molecular weight excluding hydrogens is 397 g/mol. The van der Waals surface area contributed by atoms with Crippen LogP contribution in [0.4, 0.5) is 13.2 Å². The Kier molecular flexibility index (Phi) is 7.33. The number of halogens is 3. The molecule has 10 heteroatoms. The van der Waals surface area contributed by atoms with E-state index in [1.54, 1.807) is 0 Å². The Morgan fingerprint density at radius 1 is 1.32 bits per heavy atom. The SMILES string of the molecule is CCCC(C)NC(=O)C1CCN(S(=O)(=O)c2cccc(OC(F)(F)F)c2)CC1. The molecule has 2 rings (SSSR count). The highest BCUT2D eigenvalue weighted by Gasteiger charge is 2.34. The minimum Gasteiger partial charge on any atom is -0.406 e. The number of ether oxygens (including phenoxy) is 1. The van der Waals surface area contributed by atoms with Gasteiger partial charge in [-0.2, -0.15) is 4.31 Å². The Hall–Kier alpha value is -1.81. The second kappa shape index (κ2) is 9.13. The van der Waals surface area contributed by atoms with Gasteiger partial charge in [-0.3, -0.25) is 4.79 Å². The Morgan fingerprint density at radius 2 is 1.96 bits per heavy atom. The Labute approximate surface area is 163 Å². The zero-order valence-electron chi connectivity index (χ0n) is 15.8. The fourth-order valence-electron chi connectivity index (χ4n) is 3.21. The molecule has 1 saturated heterocycles. The first-order valence-electron chi connectivity index (χ1n) is 9.19. The summed E-state index contributed by atoms with van der Waals surface area (Å²) in [7, 11) is -3.97. The second-order valence-corrected chi connectivity index (χ2v) is 8.84. The van der Waals surface area contributed by atoms with Crippen LogP contribution in [0.25, 0.3) is 0 Å². The van der Waals surface area contributed by atoms with Crippen LogP contribution in [0.3, 0.4) is 0 Å². The quantitative estimate of drug-likeness (QED) is 0.732. The molecule has 0 radical (unpaired) electrons. The van der Waals surface area contributed by atoms with Crippen LogP contribution < -0.4 is 10.1 Å². The van der Waals surface area contributed by atoms with Crippen LogP contribution in [0, 0.1) is 5.92 Å². The molecule has 6 nitrogen and oxygen atoms in total. The van der Waals surface area contributed by atoms with E-state index >= 15 is 0 Å². The number of benzene rings is 1. The lowest BCUT2D eigenvalue weighted by Gasteiger charge is -2.31. The summed E-state index contributed by atoms with van der Waals surface area (Å²) in [6.07, 6.45) is -2.35. The zero-order valence-corrected chi connectivity index (χ0v) is 16.6. The van der Waals surface area contributed by atoms with Gasteiger partial charge in [-0.25, -0.2) is 8.42 Å². The van der Waals surface area contributed by atoms with Gasteiger partial charge in [0.15, 0.2) is 0 Å². The van der Waals surface area contributed by atoms with Crippen LogP contribution in [0.2, 0.25) is 0 Å². The predicted octanol–water partition coefficient (Wildman–Crippen LogP) is 3.29. The number of hydrogen-bond donors (Lipinski definition) is 1. The van der Waals surface area contributed by atoms with Crippen molar-refractivity contribution in [1.82, 2.24) is 9.62 Å². The third kappa shape index (κ3) is 6.10. The molecule has 1 aromatic rings. The average molecular weight is 422 g/mol. The molecule has 1 fully saturated rings. The van der Waals surface area contributed by atoms with E-state index in [1.165, 1.54) is 16.4 Å². The number of carbonyl (C=O) groups excluding carboxylic acids is 1. The molecule has 1 heterocycles. The smallest absolute Gasteiger partial charge is 0.406 e. The summed E-state index contributed by atoms with van der Waals surface area (Å²) in [5, 5.41) is 2.93. The monoisotopic (exact) mass is 422 g/mol. The summed E-state index contributed by atoms with van der Waals surface area (Å²) < 4.78 is 67.5. The van der Waals surface area contributed by atoms with Crippen molar-refractivity contribution in [3.05, 3.63) is 24.3 Å². The highest BCUT2D eigenvalue weighted by Crippen LogP contribution is 2.28. The van der Waals surface area contributed by atoms with Crippen LogP contribution in [0.1, 0.15) is 39.5 Å². The first kappa shape index (κ1) is 22.5. The first-order valence-corrected chi connectivity index (χ1v) is 10.6. The summed E-state index contributed by atoms with van der Waals surface area (Å²) in [5.41, 5.74) is 0. The van der Waals surface area contributed by atoms with Crippen molar-refractivity contribution in [2.75, 3.05) is 13.1 Å². The average Bonchev–Trinajstić information content (AvgIpc) is 2.60. The van der Waals surface area contributed by atoms with E-state index in [2.05, 4.69) is 10.1 Å². The van der Waals surface area contributed by atoms with Crippen molar-refractivity contribution in [3.8, 4) is 5.75 Å². The molecule has 1 amide bonds. The van der Waals surface area contributed by atoms with Crippen LogP contribution in [0.15, 0.2) is 29.2 Å². The number of sulfonamides is 1. The van der Waals surface area contributed by atoms with E-state index in [1.807, 2.05) is 13.8 Å². The summed E-state index contributed by atoms with van der Waals surface area (Å²) in [5.74, 6) is -0.947. The predicted molar refractivity (Wildman–Crippen MR) is 97.1 cm³/mol. The highest BCUT2D eigenvalue weighted by molar-refractivity contribution is 7.89. The van der Waals surface area contributed by atoms with Crippen molar-refractivity contribution < 1.29 is 31.1 Å². The largest absolute Gasteiger partial charge is 0.573 e. The normalized spacial score (nSPS) is 17.9. The van der Waals surface area contributed by atoms with Crippen molar-refractivity contribution in [3.63, 3.8) is 0 Å². The van der Waals surface area contributed by atoms with Gasteiger partial charge in [0.1, 0.15) is 5.75 Å². The molecule has 158 valence electrons. The van der Waals surface area contributed by atoms with E-state index in [0.717, 1.165) is 25.0 Å². The number of nitrogens with one attached hydrogen (secondary N) is 1. The van der Waals surface area contributed by atoms with Crippen molar-refractivity contribution >= 4 is 15.9 Å². The van der Waals surface area contributed by atoms with Gasteiger partial charge < -0.3 is 10.1 Å². The van der Waals surface area contributed by atoms with E-state index in [4.69, 9.17) is 0 Å². The molecule has 1 N–H and O–H groups in total. The second-order valence-electron chi connectivity index (χ2n) is 6.90. The maximum Gasteiger partial charge on any atom is 0.573 e. The Morgan fingerprint density at radius 3 is 2.54 bits per heavy atom. The summed E-state index contributed by atoms with van der Waals surface area (Å²) in [6.45, 7) is 4.22. The number of piperidine rings is 1. The van der Waals surface area contributed by atoms with Gasteiger partial charge >= 0.3 is 6.36 Å². The molecule has 0 saturated carbocycles. The van der Waals surface area contributed by atoms with Crippen molar-refractivity contribution in [2.24, 2.45) is 5.92 Å². The van der Waals surface area contributed by atoms with Crippen LogP contribution in [-0.4, -0.2) is 44.1 Å². The topological polar surface area (TPSA) is 75.7 Å². The number of amides is 1. The van der Waals surface area contributed by atoms with Crippen molar-refractivity contribution in [2.45, 2.75) is 56.8 Å². The van der Waals surface area contributed by atoms with Gasteiger partial charge in [0.2, 0.25) is 15.9 Å². The molecule has 1 aliphatic rings. The van der Waals surface area contributed by atoms with Gasteiger partial charge in [-0.05, 0) is 38.3 Å². The number of hydrogen-bond acceptors (Lipinski definition) is 4. The maximum absolute atomic E-state index is 12.7. The first-order chi connectivity index (χ1) is 13.0. The lowest BCUT2D eigenvalue weighted by Crippen LogP contribution is -2.44. The summed E-state index contributed by atoms with van der Waals surface area (Å²) in [4.78, 5) is 12.0. The van der Waals surface area contributed by atoms with Crippen LogP contribution >= 0.6 is 0 Å². The molecule has 0 aliphatic carbocycles. The van der Waals surface area contributed by atoms with Crippen LogP contribution in [0.5, 0.6) is 5.75 Å². The molecule has 0 bridgehead atoms. The molecule has 0 spiro atoms. The third-order valence-electron chi connectivity index (χ3n) is 4.61. The van der Waals surface area contributed by atoms with Gasteiger partial charge in [0.05, 0.1) is 4.90 Å². The molecule has 1 aromatic carbocycles. The van der Waals surface area contributed by atoms with Gasteiger partial charge in [0, 0.05) is 31.1 Å². The lowest BCUT2D eigenvalue weighted by molar-refractivity contribution is -0.274. The maximum atomic E-state index is 12.7. The minimum absolute atomic E-state index is 0.0654. The summed E-state index contributed by atoms with van der Waals surface area (Å²) in [6, 6.07) is 4.39. The van der Waals surface area contributed by atoms with Gasteiger partial charge in [0.25, 0.3) is 0 Å². The van der Waals surface area contributed by atoms with Crippen molar-refractivity contribution in [1.29, 1.82) is 0 Å². The fraction of sp³-hybridized carbons (Fsp3) is 0.611. The van der Waals surface area contributed by atoms with Gasteiger partial charge in [-0.1, -0.05) is 19.4 Å². The van der Waals surface area contributed by atoms with E-state index < -0.39 is 22.1 Å². The fourth-order valence-corrected chi connectivity index (χ4v) is 4.71. The number of rotatable bonds is 7. The highest BCUT2D eigenvalue weighted by atomic mass is 32.2. The molecule has 1 unspecified atom stereocenters. The lowest BCUT2D eigenvalue weighted by atomic mass is 9.96. The summed E-state index contributed by atoms with van der Waals surface area (Å²) >= 11 is 0. The Balaban J connectivity index is 2.01. The zero-order chi connectivity index (χ0) is 20.9. The Bertz CT molecular complexity index is 775.